The van der Waals surface area contributed by atoms with E-state index >= 15 is 0 Å². The molecule has 2 N–H and O–H groups in total. The van der Waals surface area contributed by atoms with Crippen LogP contribution in [0.3, 0.4) is 0 Å². The standard InChI is InChI=1S/C35H39N3O5/c1-35(2,3)43-34(41)38-20-23(19-31(38)32(39)37-30-18-10-12-22-11-4-5-13-24(22)30)36-33(40)42-21-29-27-16-8-6-14-25(27)26-15-7-9-17-28(26)29/h4-9,11,13-17,23,29-31H,10,12,18-21H2,1-3H3,(H,36,40)(H,37,39)/t23-,30?,31-/m0/s1. The molecule has 3 atom stereocenters. The summed E-state index contributed by atoms with van der Waals surface area (Å²) in [4.78, 5) is 41.4. The second kappa shape index (κ2) is 11.7. The van der Waals surface area contributed by atoms with Crippen molar-refractivity contribution < 1.29 is 23.9 Å². The van der Waals surface area contributed by atoms with Gasteiger partial charge in [0, 0.05) is 12.5 Å². The molecule has 0 bridgehead atoms. The van der Waals surface area contributed by atoms with Crippen LogP contribution in [0.4, 0.5) is 9.59 Å². The van der Waals surface area contributed by atoms with Crippen LogP contribution in [-0.2, 0) is 20.7 Å². The van der Waals surface area contributed by atoms with Gasteiger partial charge in [-0.1, -0.05) is 72.8 Å². The number of hydrogen-bond donors (Lipinski definition) is 2. The van der Waals surface area contributed by atoms with E-state index in [0.717, 1.165) is 47.1 Å². The average Bonchev–Trinajstić information content (AvgIpc) is 3.55. The zero-order chi connectivity index (χ0) is 30.1. The molecule has 1 saturated heterocycles. The van der Waals surface area contributed by atoms with Gasteiger partial charge in [-0.25, -0.2) is 9.59 Å². The van der Waals surface area contributed by atoms with Crippen molar-refractivity contribution in [2.75, 3.05) is 13.2 Å². The Bertz CT molecular complexity index is 1480. The molecule has 224 valence electrons. The highest BCUT2D eigenvalue weighted by atomic mass is 16.6. The summed E-state index contributed by atoms with van der Waals surface area (Å²) in [6, 6.07) is 23.2. The van der Waals surface area contributed by atoms with Gasteiger partial charge in [0.05, 0.1) is 12.1 Å². The number of rotatable bonds is 5. The first kappa shape index (κ1) is 28.8. The minimum atomic E-state index is -0.775. The summed E-state index contributed by atoms with van der Waals surface area (Å²) in [6.07, 6.45) is 1.93. The maximum Gasteiger partial charge on any atom is 0.411 e. The highest BCUT2D eigenvalue weighted by Crippen LogP contribution is 2.44. The van der Waals surface area contributed by atoms with Gasteiger partial charge in [0.1, 0.15) is 18.2 Å². The Morgan fingerprint density at radius 2 is 1.49 bits per heavy atom. The molecule has 3 aliphatic rings. The Balaban J connectivity index is 1.13. The highest BCUT2D eigenvalue weighted by molar-refractivity contribution is 5.87. The van der Waals surface area contributed by atoms with Crippen LogP contribution < -0.4 is 10.6 Å². The molecule has 3 aromatic carbocycles. The summed E-state index contributed by atoms with van der Waals surface area (Å²) in [5.41, 5.74) is 6.22. The molecule has 2 aliphatic carbocycles. The molecule has 1 unspecified atom stereocenters. The Labute approximate surface area is 252 Å². The van der Waals surface area contributed by atoms with Gasteiger partial charge in [0.15, 0.2) is 0 Å². The number of carbonyl (C=O) groups excluding carboxylic acids is 3. The van der Waals surface area contributed by atoms with Crippen LogP contribution in [0, 0.1) is 0 Å². The third-order valence-electron chi connectivity index (χ3n) is 8.58. The predicted molar refractivity (Wildman–Crippen MR) is 164 cm³/mol. The van der Waals surface area contributed by atoms with E-state index in [1.165, 1.54) is 10.5 Å². The first-order valence-electron chi connectivity index (χ1n) is 15.2. The van der Waals surface area contributed by atoms with Crippen LogP contribution in [0.5, 0.6) is 0 Å². The maximum absolute atomic E-state index is 13.7. The number of aryl methyl sites for hydroxylation is 1. The van der Waals surface area contributed by atoms with Gasteiger partial charge in [0.2, 0.25) is 5.91 Å². The van der Waals surface area contributed by atoms with E-state index in [4.69, 9.17) is 9.47 Å². The van der Waals surface area contributed by atoms with Crippen molar-refractivity contribution in [2.24, 2.45) is 0 Å². The van der Waals surface area contributed by atoms with Crippen molar-refractivity contribution in [3.8, 4) is 11.1 Å². The van der Waals surface area contributed by atoms with E-state index in [0.29, 0.717) is 0 Å². The van der Waals surface area contributed by atoms with E-state index < -0.39 is 29.9 Å². The molecule has 0 spiro atoms. The minimum absolute atomic E-state index is 0.0584. The van der Waals surface area contributed by atoms with Gasteiger partial charge in [-0.15, -0.1) is 0 Å². The molecule has 8 heteroatoms. The maximum atomic E-state index is 13.7. The van der Waals surface area contributed by atoms with Crippen LogP contribution in [-0.4, -0.2) is 53.8 Å². The summed E-state index contributed by atoms with van der Waals surface area (Å²) < 4.78 is 11.4. The average molecular weight is 582 g/mol. The van der Waals surface area contributed by atoms with Gasteiger partial charge in [-0.2, -0.15) is 0 Å². The number of nitrogens with zero attached hydrogens (tertiary/aromatic N) is 1. The van der Waals surface area contributed by atoms with Crippen LogP contribution >= 0.6 is 0 Å². The summed E-state index contributed by atoms with van der Waals surface area (Å²) in [5, 5.41) is 6.10. The van der Waals surface area contributed by atoms with Gasteiger partial charge < -0.3 is 20.1 Å². The first-order chi connectivity index (χ1) is 20.7. The number of fused-ring (bicyclic) bond motifs is 4. The molecular weight excluding hydrogens is 542 g/mol. The first-order valence-corrected chi connectivity index (χ1v) is 15.2. The SMILES string of the molecule is CC(C)(C)OC(=O)N1C[C@@H](NC(=O)OCC2c3ccccc3-c3ccccc32)C[C@H]1C(=O)NC1CCCc2ccccc21. The molecule has 1 aliphatic heterocycles. The van der Waals surface area contributed by atoms with E-state index in [-0.39, 0.29) is 37.4 Å². The number of nitrogens with one attached hydrogen (secondary N) is 2. The molecule has 3 amide bonds. The molecule has 8 nitrogen and oxygen atoms in total. The van der Waals surface area contributed by atoms with E-state index in [2.05, 4.69) is 47.0 Å². The third-order valence-corrected chi connectivity index (χ3v) is 8.58. The van der Waals surface area contributed by atoms with Crippen LogP contribution in [0.2, 0.25) is 0 Å². The number of ether oxygens (including phenoxy) is 2. The van der Waals surface area contributed by atoms with Crippen molar-refractivity contribution in [1.82, 2.24) is 15.5 Å². The molecule has 0 saturated carbocycles. The summed E-state index contributed by atoms with van der Waals surface area (Å²) in [7, 11) is 0. The lowest BCUT2D eigenvalue weighted by Gasteiger charge is -2.31. The van der Waals surface area contributed by atoms with E-state index in [1.807, 2.05) is 36.4 Å². The molecule has 1 heterocycles. The zero-order valence-corrected chi connectivity index (χ0v) is 25.0. The zero-order valence-electron chi connectivity index (χ0n) is 25.0. The van der Waals surface area contributed by atoms with Crippen molar-refractivity contribution in [2.45, 2.75) is 76.1 Å². The Morgan fingerprint density at radius 3 is 2.16 bits per heavy atom. The van der Waals surface area contributed by atoms with Crippen molar-refractivity contribution in [1.29, 1.82) is 0 Å². The predicted octanol–water partition coefficient (Wildman–Crippen LogP) is 6.10. The number of likely N-dealkylation sites (tertiary alicyclic amines) is 1. The summed E-state index contributed by atoms with van der Waals surface area (Å²) >= 11 is 0. The topological polar surface area (TPSA) is 97.0 Å². The smallest absolute Gasteiger partial charge is 0.411 e. The quantitative estimate of drug-likeness (QED) is 0.380. The fourth-order valence-corrected chi connectivity index (χ4v) is 6.69. The molecule has 6 rings (SSSR count). The third kappa shape index (κ3) is 6.10. The number of amides is 3. The summed E-state index contributed by atoms with van der Waals surface area (Å²) in [6.45, 7) is 5.72. The van der Waals surface area contributed by atoms with E-state index in [9.17, 15) is 14.4 Å². The number of benzene rings is 3. The Hall–Kier alpha value is -4.33. The molecular formula is C35H39N3O5. The van der Waals surface area contributed by atoms with Crippen LogP contribution in [0.25, 0.3) is 11.1 Å². The van der Waals surface area contributed by atoms with Gasteiger partial charge in [-0.3, -0.25) is 9.69 Å². The van der Waals surface area contributed by atoms with Gasteiger partial charge >= 0.3 is 12.2 Å². The fraction of sp³-hybridized carbons (Fsp3) is 0.400. The number of alkyl carbamates (subject to hydrolysis) is 1. The second-order valence-corrected chi connectivity index (χ2v) is 12.7. The van der Waals surface area contributed by atoms with Crippen molar-refractivity contribution in [3.63, 3.8) is 0 Å². The number of carbonyl (C=O) groups is 3. The molecule has 3 aromatic rings. The lowest BCUT2D eigenvalue weighted by atomic mass is 9.87. The Morgan fingerprint density at radius 1 is 0.860 bits per heavy atom. The van der Waals surface area contributed by atoms with E-state index in [1.54, 1.807) is 20.8 Å². The molecule has 1 fully saturated rings. The summed E-state index contributed by atoms with van der Waals surface area (Å²) in [5.74, 6) is -0.304. The van der Waals surface area contributed by atoms with Crippen molar-refractivity contribution >= 4 is 18.1 Å². The van der Waals surface area contributed by atoms with Crippen LogP contribution in [0.15, 0.2) is 72.8 Å². The largest absolute Gasteiger partial charge is 0.449 e. The monoisotopic (exact) mass is 581 g/mol. The Kier molecular flexibility index (Phi) is 7.86. The molecule has 43 heavy (non-hydrogen) atoms. The van der Waals surface area contributed by atoms with Gasteiger partial charge in [0.25, 0.3) is 0 Å². The number of hydrogen-bond acceptors (Lipinski definition) is 5. The normalized spacial score (nSPS) is 20.9. The lowest BCUT2D eigenvalue weighted by molar-refractivity contribution is -0.126. The molecule has 0 aromatic heterocycles. The molecule has 0 radical (unpaired) electrons. The van der Waals surface area contributed by atoms with Crippen LogP contribution in [0.1, 0.15) is 74.2 Å². The highest BCUT2D eigenvalue weighted by Gasteiger charge is 2.43. The second-order valence-electron chi connectivity index (χ2n) is 12.7. The minimum Gasteiger partial charge on any atom is -0.449 e. The van der Waals surface area contributed by atoms with Crippen molar-refractivity contribution in [3.05, 3.63) is 95.1 Å². The fourth-order valence-electron chi connectivity index (χ4n) is 6.69. The van der Waals surface area contributed by atoms with Gasteiger partial charge in [-0.05, 0) is 79.8 Å². The lowest BCUT2D eigenvalue weighted by Crippen LogP contribution is -2.48.